The first-order valence-electron chi connectivity index (χ1n) is 4.23. The topological polar surface area (TPSA) is 12.4 Å². The van der Waals surface area contributed by atoms with Gasteiger partial charge in [-0.05, 0) is 23.9 Å². The number of allylic oxidation sites excluding steroid dienone is 1. The second kappa shape index (κ2) is 2.30. The van der Waals surface area contributed by atoms with Crippen LogP contribution in [0, 0.1) is 5.92 Å². The predicted molar refractivity (Wildman–Crippen MR) is 51.9 cm³/mol. The minimum atomic E-state index is 0.618. The average molecular weight is 175 g/mol. The van der Waals surface area contributed by atoms with E-state index in [1.165, 1.54) is 17.0 Å². The van der Waals surface area contributed by atoms with Crippen LogP contribution >= 0.6 is 11.3 Å². The molecule has 12 heavy (non-hydrogen) atoms. The summed E-state index contributed by atoms with van der Waals surface area (Å²) in [4.78, 5) is 5.94. The van der Waals surface area contributed by atoms with Gasteiger partial charge in [0.05, 0.1) is 16.6 Å². The average Bonchev–Trinajstić information content (AvgIpc) is 2.66. The smallest absolute Gasteiger partial charge is 0.0746 e. The van der Waals surface area contributed by atoms with Crippen LogP contribution in [-0.2, 0) is 0 Å². The molecule has 0 radical (unpaired) electrons. The Labute approximate surface area is 75.5 Å². The SMILES string of the molecule is C1=C[C@H]2CC2N=C1c1cccs1. The lowest BCUT2D eigenvalue weighted by molar-refractivity contribution is 0.964. The van der Waals surface area contributed by atoms with Gasteiger partial charge < -0.3 is 0 Å². The summed E-state index contributed by atoms with van der Waals surface area (Å²) in [6.07, 6.45) is 5.73. The molecule has 0 saturated heterocycles. The molecule has 0 amide bonds. The first kappa shape index (κ1) is 6.61. The van der Waals surface area contributed by atoms with E-state index in [-0.39, 0.29) is 0 Å². The van der Waals surface area contributed by atoms with Crippen LogP contribution in [0.3, 0.4) is 0 Å². The van der Waals surface area contributed by atoms with Crippen molar-refractivity contribution < 1.29 is 0 Å². The summed E-state index contributed by atoms with van der Waals surface area (Å²) in [5.41, 5.74) is 1.18. The minimum absolute atomic E-state index is 0.618. The molecule has 60 valence electrons. The first-order valence-corrected chi connectivity index (χ1v) is 5.11. The fourth-order valence-corrected chi connectivity index (χ4v) is 2.26. The number of thiophene rings is 1. The molecule has 0 spiro atoms. The summed E-state index contributed by atoms with van der Waals surface area (Å²) in [6.45, 7) is 0. The van der Waals surface area contributed by atoms with E-state index in [0.29, 0.717) is 6.04 Å². The summed E-state index contributed by atoms with van der Waals surface area (Å²) >= 11 is 1.77. The van der Waals surface area contributed by atoms with Crippen molar-refractivity contribution in [3.8, 4) is 0 Å². The van der Waals surface area contributed by atoms with Gasteiger partial charge in [-0.3, -0.25) is 4.99 Å². The summed E-state index contributed by atoms with van der Waals surface area (Å²) in [5, 5.41) is 2.10. The maximum atomic E-state index is 4.64. The lowest BCUT2D eigenvalue weighted by atomic mass is 10.2. The number of hydrogen-bond donors (Lipinski definition) is 0. The van der Waals surface area contributed by atoms with Gasteiger partial charge in [-0.1, -0.05) is 12.1 Å². The Hall–Kier alpha value is -0.890. The van der Waals surface area contributed by atoms with Crippen molar-refractivity contribution in [1.29, 1.82) is 0 Å². The Balaban J connectivity index is 1.99. The highest BCUT2D eigenvalue weighted by Crippen LogP contribution is 2.38. The first-order chi connectivity index (χ1) is 5.93. The fraction of sp³-hybridized carbons (Fsp3) is 0.300. The Kier molecular flexibility index (Phi) is 1.27. The zero-order chi connectivity index (χ0) is 7.97. The molecule has 3 rings (SSSR count). The van der Waals surface area contributed by atoms with E-state index in [1.807, 2.05) is 0 Å². The zero-order valence-electron chi connectivity index (χ0n) is 6.60. The van der Waals surface area contributed by atoms with Crippen molar-refractivity contribution in [2.75, 3.05) is 0 Å². The van der Waals surface area contributed by atoms with Gasteiger partial charge in [0.25, 0.3) is 0 Å². The monoisotopic (exact) mass is 175 g/mol. The molecule has 0 bridgehead atoms. The third kappa shape index (κ3) is 0.950. The van der Waals surface area contributed by atoms with Crippen LogP contribution in [0.4, 0.5) is 0 Å². The van der Waals surface area contributed by atoms with Gasteiger partial charge in [0.2, 0.25) is 0 Å². The molecule has 0 aromatic carbocycles. The van der Waals surface area contributed by atoms with Crippen LogP contribution in [-0.4, -0.2) is 11.8 Å². The van der Waals surface area contributed by atoms with E-state index in [1.54, 1.807) is 11.3 Å². The highest BCUT2D eigenvalue weighted by atomic mass is 32.1. The maximum Gasteiger partial charge on any atom is 0.0746 e. The molecule has 1 aliphatic heterocycles. The highest BCUT2D eigenvalue weighted by molar-refractivity contribution is 7.12. The molecule has 2 heterocycles. The Morgan fingerprint density at radius 1 is 1.50 bits per heavy atom. The second-order valence-corrected chi connectivity index (χ2v) is 4.27. The molecule has 2 aliphatic rings. The molecule has 2 atom stereocenters. The molecule has 1 aliphatic carbocycles. The van der Waals surface area contributed by atoms with Gasteiger partial charge in [0.15, 0.2) is 0 Å². The molecule has 1 unspecified atom stereocenters. The van der Waals surface area contributed by atoms with Gasteiger partial charge in [-0.15, -0.1) is 11.3 Å². The normalized spacial score (nSPS) is 31.2. The van der Waals surface area contributed by atoms with Crippen LogP contribution in [0.5, 0.6) is 0 Å². The van der Waals surface area contributed by atoms with Gasteiger partial charge >= 0.3 is 0 Å². The standard InChI is InChI=1S/C10H9NS/c1-2-10(12-5-1)8-4-3-7-6-9(7)11-8/h1-5,7,9H,6H2/t7-,9?/m0/s1. The molecule has 0 N–H and O–H groups in total. The van der Waals surface area contributed by atoms with Crippen LogP contribution < -0.4 is 0 Å². The zero-order valence-corrected chi connectivity index (χ0v) is 7.42. The van der Waals surface area contributed by atoms with E-state index < -0.39 is 0 Å². The Morgan fingerprint density at radius 2 is 2.50 bits per heavy atom. The third-order valence-electron chi connectivity index (χ3n) is 2.38. The van der Waals surface area contributed by atoms with Crippen molar-refractivity contribution in [3.63, 3.8) is 0 Å². The van der Waals surface area contributed by atoms with Gasteiger partial charge in [0, 0.05) is 5.92 Å². The molecule has 1 aromatic heterocycles. The van der Waals surface area contributed by atoms with Crippen molar-refractivity contribution in [2.45, 2.75) is 12.5 Å². The van der Waals surface area contributed by atoms with Crippen molar-refractivity contribution in [2.24, 2.45) is 10.9 Å². The summed E-state index contributed by atoms with van der Waals surface area (Å²) in [5.74, 6) is 0.772. The van der Waals surface area contributed by atoms with E-state index in [9.17, 15) is 0 Å². The number of dihydropyridines is 1. The highest BCUT2D eigenvalue weighted by Gasteiger charge is 2.36. The Morgan fingerprint density at radius 3 is 3.25 bits per heavy atom. The maximum absolute atomic E-state index is 4.64. The van der Waals surface area contributed by atoms with Crippen LogP contribution in [0.2, 0.25) is 0 Å². The number of rotatable bonds is 1. The van der Waals surface area contributed by atoms with Gasteiger partial charge in [-0.25, -0.2) is 0 Å². The van der Waals surface area contributed by atoms with Crippen LogP contribution in [0.25, 0.3) is 0 Å². The van der Waals surface area contributed by atoms with Crippen molar-refractivity contribution in [3.05, 3.63) is 34.5 Å². The molecule has 2 heteroatoms. The van der Waals surface area contributed by atoms with Gasteiger partial charge in [-0.2, -0.15) is 0 Å². The number of fused-ring (bicyclic) bond motifs is 1. The lowest BCUT2D eigenvalue weighted by Gasteiger charge is -2.01. The molecule has 1 saturated carbocycles. The summed E-state index contributed by atoms with van der Waals surface area (Å²) < 4.78 is 0. The van der Waals surface area contributed by atoms with E-state index >= 15 is 0 Å². The predicted octanol–water partition coefficient (Wildman–Crippen LogP) is 2.50. The number of aliphatic imine (C=N–C) groups is 1. The summed E-state index contributed by atoms with van der Waals surface area (Å²) in [7, 11) is 0. The fourth-order valence-electron chi connectivity index (χ4n) is 1.56. The number of hydrogen-bond acceptors (Lipinski definition) is 2. The quantitative estimate of drug-likeness (QED) is 0.622. The molecular formula is C10H9NS. The van der Waals surface area contributed by atoms with Crippen LogP contribution in [0.1, 0.15) is 11.3 Å². The molecule has 1 nitrogen and oxygen atoms in total. The Bertz CT molecular complexity index is 348. The molecule has 1 fully saturated rings. The second-order valence-electron chi connectivity index (χ2n) is 3.32. The number of nitrogens with zero attached hydrogens (tertiary/aromatic N) is 1. The van der Waals surface area contributed by atoms with Gasteiger partial charge in [0.1, 0.15) is 0 Å². The van der Waals surface area contributed by atoms with Crippen LogP contribution in [0.15, 0.2) is 34.7 Å². The lowest BCUT2D eigenvalue weighted by Crippen LogP contribution is -2.00. The van der Waals surface area contributed by atoms with E-state index in [2.05, 4.69) is 34.7 Å². The molecule has 1 aromatic rings. The van der Waals surface area contributed by atoms with E-state index in [0.717, 1.165) is 5.92 Å². The third-order valence-corrected chi connectivity index (χ3v) is 3.28. The van der Waals surface area contributed by atoms with E-state index in [4.69, 9.17) is 0 Å². The van der Waals surface area contributed by atoms with Crippen molar-refractivity contribution >= 4 is 17.0 Å². The minimum Gasteiger partial charge on any atom is -0.280 e. The largest absolute Gasteiger partial charge is 0.280 e. The molecular weight excluding hydrogens is 166 g/mol. The van der Waals surface area contributed by atoms with Crippen molar-refractivity contribution in [1.82, 2.24) is 0 Å². The summed E-state index contributed by atoms with van der Waals surface area (Å²) in [6, 6.07) is 4.83.